The Morgan fingerprint density at radius 1 is 1.55 bits per heavy atom. The molecular formula is C16H20O4. The van der Waals surface area contributed by atoms with Gasteiger partial charge in [-0.2, -0.15) is 0 Å². The number of carbonyl (C=O) groups excluding carboxylic acids is 1. The molecule has 1 unspecified atom stereocenters. The highest BCUT2D eigenvalue weighted by Crippen LogP contribution is 2.42. The molecule has 1 aromatic carbocycles. The van der Waals surface area contributed by atoms with E-state index in [2.05, 4.69) is 0 Å². The number of phenolic OH excluding ortho intramolecular Hbond substituents is 1. The summed E-state index contributed by atoms with van der Waals surface area (Å²) >= 11 is 0. The maximum absolute atomic E-state index is 12.1. The molecule has 0 radical (unpaired) electrons. The van der Waals surface area contributed by atoms with Crippen LogP contribution in [-0.4, -0.2) is 24.1 Å². The number of methoxy groups -OCH3 is 1. The second kappa shape index (κ2) is 5.57. The van der Waals surface area contributed by atoms with E-state index in [1.54, 1.807) is 13.2 Å². The van der Waals surface area contributed by atoms with Crippen LogP contribution in [0.3, 0.4) is 0 Å². The van der Waals surface area contributed by atoms with Crippen LogP contribution in [0.2, 0.25) is 0 Å². The quantitative estimate of drug-likeness (QED) is 0.861. The van der Waals surface area contributed by atoms with Gasteiger partial charge in [0.05, 0.1) is 7.11 Å². The average molecular weight is 276 g/mol. The lowest BCUT2D eigenvalue weighted by Gasteiger charge is -2.25. The lowest BCUT2D eigenvalue weighted by atomic mass is 9.95. The smallest absolute Gasteiger partial charge is 0.174 e. The number of hydrogen-bond donors (Lipinski definition) is 1. The summed E-state index contributed by atoms with van der Waals surface area (Å²) in [5.41, 5.74) is 2.04. The topological polar surface area (TPSA) is 55.8 Å². The summed E-state index contributed by atoms with van der Waals surface area (Å²) in [6, 6.07) is 1.69. The van der Waals surface area contributed by atoms with Gasteiger partial charge in [-0.3, -0.25) is 4.79 Å². The van der Waals surface area contributed by atoms with Crippen molar-refractivity contribution >= 4 is 5.78 Å². The Labute approximate surface area is 119 Å². The Balaban J connectivity index is 2.56. The minimum atomic E-state index is -0.178. The summed E-state index contributed by atoms with van der Waals surface area (Å²) in [4.78, 5) is 12.1. The van der Waals surface area contributed by atoms with E-state index >= 15 is 0 Å². The van der Waals surface area contributed by atoms with Crippen LogP contribution in [-0.2, 0) is 6.42 Å². The van der Waals surface area contributed by atoms with Crippen molar-refractivity contribution in [3.63, 3.8) is 0 Å². The van der Waals surface area contributed by atoms with Gasteiger partial charge in [0.1, 0.15) is 28.9 Å². The van der Waals surface area contributed by atoms with E-state index in [9.17, 15) is 9.90 Å². The molecule has 1 aromatic rings. The van der Waals surface area contributed by atoms with E-state index in [0.29, 0.717) is 23.5 Å². The Bertz CT molecular complexity index is 568. The van der Waals surface area contributed by atoms with E-state index in [4.69, 9.17) is 9.47 Å². The average Bonchev–Trinajstić information content (AvgIpc) is 2.35. The van der Waals surface area contributed by atoms with Gasteiger partial charge in [-0.1, -0.05) is 11.6 Å². The first-order chi connectivity index (χ1) is 9.43. The zero-order chi connectivity index (χ0) is 14.9. The van der Waals surface area contributed by atoms with Gasteiger partial charge in [0.2, 0.25) is 0 Å². The van der Waals surface area contributed by atoms with E-state index in [1.807, 2.05) is 26.8 Å². The van der Waals surface area contributed by atoms with Crippen molar-refractivity contribution in [2.24, 2.45) is 0 Å². The summed E-state index contributed by atoms with van der Waals surface area (Å²) in [7, 11) is 1.54. The van der Waals surface area contributed by atoms with Crippen LogP contribution in [0.1, 0.15) is 43.1 Å². The number of ketones is 1. The zero-order valence-electron chi connectivity index (χ0n) is 12.3. The molecule has 1 aliphatic heterocycles. The lowest BCUT2D eigenvalue weighted by molar-refractivity contribution is 0.0865. The SMILES string of the molecule is COc1cc2c(c(O)c1CC=C(C)C)C(=O)CC(C)O2. The molecule has 2 rings (SSSR count). The molecule has 0 aromatic heterocycles. The third-order valence-corrected chi connectivity index (χ3v) is 3.34. The second-order valence-electron chi connectivity index (χ2n) is 5.32. The molecule has 1 aliphatic rings. The molecule has 0 aliphatic carbocycles. The summed E-state index contributed by atoms with van der Waals surface area (Å²) in [5, 5.41) is 10.4. The van der Waals surface area contributed by atoms with Crippen molar-refractivity contribution in [2.45, 2.75) is 39.7 Å². The van der Waals surface area contributed by atoms with Crippen molar-refractivity contribution in [1.82, 2.24) is 0 Å². The molecular weight excluding hydrogens is 256 g/mol. The number of hydrogen-bond acceptors (Lipinski definition) is 4. The van der Waals surface area contributed by atoms with Crippen molar-refractivity contribution in [2.75, 3.05) is 7.11 Å². The molecule has 4 heteroatoms. The van der Waals surface area contributed by atoms with Crippen LogP contribution in [0.4, 0.5) is 0 Å². The van der Waals surface area contributed by atoms with Crippen molar-refractivity contribution in [3.05, 3.63) is 28.8 Å². The van der Waals surface area contributed by atoms with Crippen molar-refractivity contribution < 1.29 is 19.4 Å². The van der Waals surface area contributed by atoms with Crippen LogP contribution in [0.5, 0.6) is 17.2 Å². The molecule has 1 heterocycles. The Kier molecular flexibility index (Phi) is 4.02. The molecule has 0 bridgehead atoms. The molecule has 4 nitrogen and oxygen atoms in total. The number of allylic oxidation sites excluding steroid dienone is 2. The first-order valence-electron chi connectivity index (χ1n) is 6.70. The Morgan fingerprint density at radius 3 is 2.85 bits per heavy atom. The summed E-state index contributed by atoms with van der Waals surface area (Å²) in [5.74, 6) is 0.843. The van der Waals surface area contributed by atoms with E-state index in [0.717, 1.165) is 5.57 Å². The summed E-state index contributed by atoms with van der Waals surface area (Å²) in [6.07, 6.45) is 2.62. The van der Waals surface area contributed by atoms with Crippen molar-refractivity contribution in [1.29, 1.82) is 0 Å². The molecule has 0 saturated carbocycles. The largest absolute Gasteiger partial charge is 0.507 e. The normalized spacial score (nSPS) is 17.2. The van der Waals surface area contributed by atoms with E-state index in [1.165, 1.54) is 0 Å². The monoisotopic (exact) mass is 276 g/mol. The first-order valence-corrected chi connectivity index (χ1v) is 6.70. The third kappa shape index (κ3) is 2.64. The standard InChI is InChI=1S/C16H20O4/c1-9(2)5-6-11-13(19-4)8-14-15(16(11)18)12(17)7-10(3)20-14/h5,8,10,18H,6-7H2,1-4H3. The predicted octanol–water partition coefficient (Wildman–Crippen LogP) is 3.26. The zero-order valence-corrected chi connectivity index (χ0v) is 12.3. The van der Waals surface area contributed by atoms with Gasteiger partial charge in [0.15, 0.2) is 5.78 Å². The fourth-order valence-electron chi connectivity index (χ4n) is 2.33. The van der Waals surface area contributed by atoms with E-state index < -0.39 is 0 Å². The highest BCUT2D eigenvalue weighted by atomic mass is 16.5. The number of benzene rings is 1. The number of rotatable bonds is 3. The number of fused-ring (bicyclic) bond motifs is 1. The Hall–Kier alpha value is -1.97. The van der Waals surface area contributed by atoms with Crippen LogP contribution in [0.15, 0.2) is 17.7 Å². The van der Waals surface area contributed by atoms with Crippen LogP contribution in [0, 0.1) is 0 Å². The fraction of sp³-hybridized carbons (Fsp3) is 0.438. The Morgan fingerprint density at radius 2 is 2.25 bits per heavy atom. The minimum Gasteiger partial charge on any atom is -0.507 e. The number of phenols is 1. The van der Waals surface area contributed by atoms with Crippen LogP contribution < -0.4 is 9.47 Å². The van der Waals surface area contributed by atoms with Gasteiger partial charge >= 0.3 is 0 Å². The summed E-state index contributed by atoms with van der Waals surface area (Å²) < 4.78 is 10.9. The number of carbonyl (C=O) groups is 1. The maximum Gasteiger partial charge on any atom is 0.174 e. The maximum atomic E-state index is 12.1. The minimum absolute atomic E-state index is 0.0197. The molecule has 0 spiro atoms. The van der Waals surface area contributed by atoms with Crippen molar-refractivity contribution in [3.8, 4) is 17.2 Å². The number of aromatic hydroxyl groups is 1. The first kappa shape index (κ1) is 14.4. The van der Waals surface area contributed by atoms with Gasteiger partial charge in [0.25, 0.3) is 0 Å². The predicted molar refractivity (Wildman–Crippen MR) is 76.8 cm³/mol. The molecule has 20 heavy (non-hydrogen) atoms. The van der Waals surface area contributed by atoms with Gasteiger partial charge < -0.3 is 14.6 Å². The number of ether oxygens (including phenoxy) is 2. The number of Topliss-reactive ketones (excluding diaryl/α,β-unsaturated/α-hetero) is 1. The van der Waals surface area contributed by atoms with Crippen LogP contribution >= 0.6 is 0 Å². The molecule has 1 atom stereocenters. The lowest BCUT2D eigenvalue weighted by Crippen LogP contribution is -2.24. The van der Waals surface area contributed by atoms with Gasteiger partial charge in [-0.15, -0.1) is 0 Å². The molecule has 108 valence electrons. The molecule has 0 fully saturated rings. The molecule has 0 saturated heterocycles. The third-order valence-electron chi connectivity index (χ3n) is 3.34. The summed E-state index contributed by atoms with van der Waals surface area (Å²) in [6.45, 7) is 5.80. The molecule has 0 amide bonds. The fourth-order valence-corrected chi connectivity index (χ4v) is 2.33. The van der Waals surface area contributed by atoms with Gasteiger partial charge in [0, 0.05) is 18.1 Å². The second-order valence-corrected chi connectivity index (χ2v) is 5.32. The highest BCUT2D eigenvalue weighted by Gasteiger charge is 2.30. The van der Waals surface area contributed by atoms with Gasteiger partial charge in [-0.05, 0) is 27.2 Å². The van der Waals surface area contributed by atoms with E-state index in [-0.39, 0.29) is 29.6 Å². The van der Waals surface area contributed by atoms with Crippen LogP contribution in [0.25, 0.3) is 0 Å². The van der Waals surface area contributed by atoms with Gasteiger partial charge in [-0.25, -0.2) is 0 Å². The molecule has 1 N–H and O–H groups in total. The highest BCUT2D eigenvalue weighted by molar-refractivity contribution is 6.03.